The number of fused-ring (bicyclic) bond motifs is 1. The number of hydrogen-bond donors (Lipinski definition) is 2. The third-order valence-corrected chi connectivity index (χ3v) is 9.69. The van der Waals surface area contributed by atoms with E-state index in [-0.39, 0.29) is 29.3 Å². The van der Waals surface area contributed by atoms with Gasteiger partial charge in [0.25, 0.3) is 5.56 Å². The molecule has 0 fully saturated rings. The molecule has 206 valence electrons. The van der Waals surface area contributed by atoms with Gasteiger partial charge in [0.1, 0.15) is 21.3 Å². The molecule has 3 heterocycles. The first kappa shape index (κ1) is 26.7. The number of thiazole rings is 2. The fraction of sp³-hybridized carbons (Fsp3) is 0.0645. The van der Waals surface area contributed by atoms with E-state index in [1.807, 2.05) is 41.1 Å². The molecule has 7 rings (SSSR count). The molecule has 1 aliphatic rings. The van der Waals surface area contributed by atoms with Crippen molar-refractivity contribution in [2.24, 2.45) is 5.73 Å². The zero-order chi connectivity index (χ0) is 29.0. The number of nitrogens with two attached hydrogens (primary N) is 1. The maximum absolute atomic E-state index is 13.9. The van der Waals surface area contributed by atoms with Crippen molar-refractivity contribution in [3.05, 3.63) is 125 Å². The Morgan fingerprint density at radius 2 is 1.40 bits per heavy atom. The minimum atomic E-state index is -1.29. The number of allylic oxidation sites excluding steroid dienone is 2. The first-order valence-electron chi connectivity index (χ1n) is 12.8. The van der Waals surface area contributed by atoms with E-state index >= 15 is 0 Å². The van der Waals surface area contributed by atoms with Crippen LogP contribution in [0.4, 0.5) is 0 Å². The number of para-hydroxylation sites is 1. The van der Waals surface area contributed by atoms with E-state index in [0.29, 0.717) is 47.9 Å². The van der Waals surface area contributed by atoms with Crippen LogP contribution in [0, 0.1) is 0 Å². The molecule has 3 N–H and O–H groups in total. The average Bonchev–Trinajstić information content (AvgIpc) is 3.73. The van der Waals surface area contributed by atoms with Crippen LogP contribution in [0.2, 0.25) is 10.0 Å². The van der Waals surface area contributed by atoms with Gasteiger partial charge in [0, 0.05) is 44.1 Å². The average molecular weight is 629 g/mol. The summed E-state index contributed by atoms with van der Waals surface area (Å²) in [4.78, 5) is 44.6. The Hall–Kier alpha value is -4.15. The third-order valence-electron chi connectivity index (χ3n) is 7.32. The summed E-state index contributed by atoms with van der Waals surface area (Å²) in [7, 11) is 0. The lowest BCUT2D eigenvalue weighted by molar-refractivity contribution is -0.113. The van der Waals surface area contributed by atoms with Gasteiger partial charge < -0.3 is 10.7 Å². The van der Waals surface area contributed by atoms with Crippen molar-refractivity contribution in [3.63, 3.8) is 0 Å². The smallest absolute Gasteiger partial charge is 0.258 e. The topological polar surface area (TPSA) is 115 Å². The number of aromatic amines is 1. The number of benzene rings is 3. The standard InChI is InChI=1S/C31H19Cl2N5O2S2/c32-18-9-5-16(6-10-18)22-14-41-28(35-22)25-24(39)13-31(26(25)34,29-36-21-4-2-1-3-20(21)27(40)38-29)30-37-23(15-42-30)17-7-11-19(33)12-8-17/h1-12,14-15H,13,34H2,(H,36,38,40)/t31-/m0/s1. The zero-order valence-electron chi connectivity index (χ0n) is 21.6. The molecule has 7 nitrogen and oxygen atoms in total. The molecule has 42 heavy (non-hydrogen) atoms. The summed E-state index contributed by atoms with van der Waals surface area (Å²) in [5, 5.41) is 6.49. The first-order chi connectivity index (χ1) is 20.3. The molecule has 1 aliphatic carbocycles. The highest BCUT2D eigenvalue weighted by molar-refractivity contribution is 7.11. The van der Waals surface area contributed by atoms with Crippen LogP contribution in [0.5, 0.6) is 0 Å². The number of aromatic nitrogens is 4. The predicted octanol–water partition coefficient (Wildman–Crippen LogP) is 7.11. The van der Waals surface area contributed by atoms with Gasteiger partial charge in [-0.25, -0.2) is 15.0 Å². The second-order valence-electron chi connectivity index (χ2n) is 9.82. The lowest BCUT2D eigenvalue weighted by atomic mass is 9.84. The quantitative estimate of drug-likeness (QED) is 0.210. The van der Waals surface area contributed by atoms with Gasteiger partial charge in [-0.3, -0.25) is 9.59 Å². The first-order valence-corrected chi connectivity index (χ1v) is 15.3. The van der Waals surface area contributed by atoms with E-state index in [0.717, 1.165) is 11.1 Å². The highest BCUT2D eigenvalue weighted by Gasteiger charge is 2.52. The van der Waals surface area contributed by atoms with E-state index in [9.17, 15) is 9.59 Å². The van der Waals surface area contributed by atoms with Gasteiger partial charge in [0.05, 0.1) is 27.9 Å². The number of H-pyrrole nitrogens is 1. The molecule has 1 atom stereocenters. The molecule has 0 radical (unpaired) electrons. The van der Waals surface area contributed by atoms with Crippen molar-refractivity contribution in [1.29, 1.82) is 0 Å². The van der Waals surface area contributed by atoms with Crippen LogP contribution in [0.25, 0.3) is 39.0 Å². The molecule has 0 unspecified atom stereocenters. The Labute approximate surface area is 257 Å². The molecule has 0 bridgehead atoms. The van der Waals surface area contributed by atoms with Crippen LogP contribution in [0.1, 0.15) is 22.3 Å². The molecular formula is C31H19Cl2N5O2S2. The molecular weight excluding hydrogens is 609 g/mol. The number of rotatable bonds is 5. The van der Waals surface area contributed by atoms with E-state index in [1.54, 1.807) is 42.5 Å². The Kier molecular flexibility index (Phi) is 6.55. The number of ketones is 1. The fourth-order valence-corrected chi connectivity index (χ4v) is 7.38. The lowest BCUT2D eigenvalue weighted by Crippen LogP contribution is -2.36. The normalized spacial score (nSPS) is 17.0. The highest BCUT2D eigenvalue weighted by atomic mass is 35.5. The molecule has 0 saturated carbocycles. The van der Waals surface area contributed by atoms with Crippen LogP contribution in [0.3, 0.4) is 0 Å². The molecule has 6 aromatic rings. The van der Waals surface area contributed by atoms with Crippen molar-refractivity contribution in [2.75, 3.05) is 0 Å². The minimum absolute atomic E-state index is 0.0567. The molecule has 3 aromatic heterocycles. The maximum atomic E-state index is 13.9. The van der Waals surface area contributed by atoms with Crippen molar-refractivity contribution >= 4 is 68.1 Å². The fourth-order valence-electron chi connectivity index (χ4n) is 5.18. The Morgan fingerprint density at radius 3 is 2.10 bits per heavy atom. The van der Waals surface area contributed by atoms with Gasteiger partial charge in [-0.05, 0) is 36.4 Å². The van der Waals surface area contributed by atoms with Gasteiger partial charge in [-0.2, -0.15) is 0 Å². The van der Waals surface area contributed by atoms with Crippen LogP contribution >= 0.6 is 45.9 Å². The largest absolute Gasteiger partial charge is 0.400 e. The summed E-state index contributed by atoms with van der Waals surface area (Å²) in [5.74, 6) is 0.0575. The number of Topliss-reactive ketones (excluding diaryl/α,β-unsaturated/α-hetero) is 1. The van der Waals surface area contributed by atoms with E-state index < -0.39 is 5.41 Å². The molecule has 0 saturated heterocycles. The monoisotopic (exact) mass is 627 g/mol. The second kappa shape index (κ2) is 10.3. The van der Waals surface area contributed by atoms with Gasteiger partial charge in [-0.1, -0.05) is 59.6 Å². The van der Waals surface area contributed by atoms with Gasteiger partial charge in [-0.15, -0.1) is 22.7 Å². The second-order valence-corrected chi connectivity index (χ2v) is 12.4. The summed E-state index contributed by atoms with van der Waals surface area (Å²) in [5.41, 5.74) is 9.53. The van der Waals surface area contributed by atoms with Crippen molar-refractivity contribution in [2.45, 2.75) is 11.8 Å². The number of nitrogens with one attached hydrogen (secondary N) is 1. The maximum Gasteiger partial charge on any atom is 0.258 e. The predicted molar refractivity (Wildman–Crippen MR) is 169 cm³/mol. The number of halogens is 2. The number of carbonyl (C=O) groups excluding carboxylic acids is 1. The van der Waals surface area contributed by atoms with Gasteiger partial charge >= 0.3 is 0 Å². The summed E-state index contributed by atoms with van der Waals surface area (Å²) in [6.07, 6.45) is -0.0567. The highest BCUT2D eigenvalue weighted by Crippen LogP contribution is 2.50. The summed E-state index contributed by atoms with van der Waals surface area (Å²) in [6, 6.07) is 21.7. The molecule has 0 amide bonds. The van der Waals surface area contributed by atoms with Crippen LogP contribution in [-0.2, 0) is 10.2 Å². The van der Waals surface area contributed by atoms with Crippen LogP contribution in [0.15, 0.2) is 94.0 Å². The molecule has 3 aromatic carbocycles. The Bertz CT molecular complexity index is 2100. The van der Waals surface area contributed by atoms with E-state index in [2.05, 4.69) is 4.98 Å². The summed E-state index contributed by atoms with van der Waals surface area (Å²) in [6.45, 7) is 0. The number of carbonyl (C=O) groups is 1. The zero-order valence-corrected chi connectivity index (χ0v) is 24.7. The van der Waals surface area contributed by atoms with E-state index in [4.69, 9.17) is 43.9 Å². The molecule has 0 spiro atoms. The number of hydrogen-bond acceptors (Lipinski definition) is 8. The lowest BCUT2D eigenvalue weighted by Gasteiger charge is -2.27. The minimum Gasteiger partial charge on any atom is -0.400 e. The van der Waals surface area contributed by atoms with Crippen molar-refractivity contribution in [3.8, 4) is 22.5 Å². The SMILES string of the molecule is NC1=C(c2nc(-c3ccc(Cl)cc3)cs2)C(=O)C[C@]1(c1nc2ccccc2c(=O)[nH]1)c1nc(-c2ccc(Cl)cc2)cs1. The van der Waals surface area contributed by atoms with Crippen LogP contribution < -0.4 is 11.3 Å². The number of nitrogens with zero attached hydrogens (tertiary/aromatic N) is 3. The van der Waals surface area contributed by atoms with Gasteiger partial charge in [0.15, 0.2) is 5.78 Å². The third kappa shape index (κ3) is 4.37. The van der Waals surface area contributed by atoms with Crippen LogP contribution in [-0.4, -0.2) is 25.7 Å². The van der Waals surface area contributed by atoms with Crippen molar-refractivity contribution in [1.82, 2.24) is 19.9 Å². The van der Waals surface area contributed by atoms with Crippen molar-refractivity contribution < 1.29 is 4.79 Å². The molecule has 0 aliphatic heterocycles. The summed E-state index contributed by atoms with van der Waals surface area (Å²) < 4.78 is 0. The van der Waals surface area contributed by atoms with Gasteiger partial charge in [0.2, 0.25) is 0 Å². The Morgan fingerprint density at radius 1 is 0.786 bits per heavy atom. The summed E-state index contributed by atoms with van der Waals surface area (Å²) >= 11 is 14.8. The molecule has 11 heteroatoms. The van der Waals surface area contributed by atoms with E-state index in [1.165, 1.54) is 22.7 Å². The Balaban J connectivity index is 1.43.